The zero-order valence-electron chi connectivity index (χ0n) is 11.6. The molecule has 1 aliphatic carbocycles. The molecule has 112 valence electrons. The largest absolute Gasteiger partial charge is 0.393 e. The third-order valence-corrected chi connectivity index (χ3v) is 5.78. The SMILES string of the molecule is CCC(NS(=O)(=O)c1ccc(Cl)cc1C)C1CC(O)C1. The number of sulfonamides is 1. The van der Waals surface area contributed by atoms with Crippen LogP contribution < -0.4 is 4.72 Å². The molecule has 0 aromatic heterocycles. The first-order valence-electron chi connectivity index (χ1n) is 6.80. The van der Waals surface area contributed by atoms with Crippen molar-refractivity contribution in [3.05, 3.63) is 28.8 Å². The smallest absolute Gasteiger partial charge is 0.241 e. The fourth-order valence-corrected chi connectivity index (χ4v) is 4.49. The monoisotopic (exact) mass is 317 g/mol. The molecule has 1 atom stereocenters. The van der Waals surface area contributed by atoms with Crippen LogP contribution in [0.2, 0.25) is 5.02 Å². The summed E-state index contributed by atoms with van der Waals surface area (Å²) in [5.41, 5.74) is 0.633. The van der Waals surface area contributed by atoms with Gasteiger partial charge in [-0.1, -0.05) is 18.5 Å². The van der Waals surface area contributed by atoms with Gasteiger partial charge >= 0.3 is 0 Å². The Morgan fingerprint density at radius 2 is 2.10 bits per heavy atom. The van der Waals surface area contributed by atoms with Crippen molar-refractivity contribution < 1.29 is 13.5 Å². The molecule has 20 heavy (non-hydrogen) atoms. The molecule has 1 fully saturated rings. The average molecular weight is 318 g/mol. The number of aryl methyl sites for hydroxylation is 1. The molecule has 1 aliphatic rings. The molecule has 0 amide bonds. The minimum atomic E-state index is -3.55. The maximum absolute atomic E-state index is 12.4. The summed E-state index contributed by atoms with van der Waals surface area (Å²) in [7, 11) is -3.55. The lowest BCUT2D eigenvalue weighted by atomic mass is 9.77. The van der Waals surface area contributed by atoms with E-state index >= 15 is 0 Å². The minimum Gasteiger partial charge on any atom is -0.393 e. The Labute approximate surface area is 125 Å². The number of halogens is 1. The highest BCUT2D eigenvalue weighted by Crippen LogP contribution is 2.32. The van der Waals surface area contributed by atoms with Crippen molar-refractivity contribution in [3.63, 3.8) is 0 Å². The molecule has 4 nitrogen and oxygen atoms in total. The van der Waals surface area contributed by atoms with Crippen LogP contribution in [-0.2, 0) is 10.0 Å². The van der Waals surface area contributed by atoms with Crippen molar-refractivity contribution in [1.29, 1.82) is 0 Å². The quantitative estimate of drug-likeness (QED) is 0.876. The predicted molar refractivity (Wildman–Crippen MR) is 79.3 cm³/mol. The van der Waals surface area contributed by atoms with E-state index in [-0.39, 0.29) is 23.0 Å². The van der Waals surface area contributed by atoms with Crippen LogP contribution in [0.1, 0.15) is 31.7 Å². The topological polar surface area (TPSA) is 66.4 Å². The first-order valence-corrected chi connectivity index (χ1v) is 8.66. The Bertz CT molecular complexity index is 582. The molecule has 1 aromatic carbocycles. The first-order chi connectivity index (χ1) is 9.33. The number of hydrogen-bond donors (Lipinski definition) is 2. The second kappa shape index (κ2) is 6.02. The fraction of sp³-hybridized carbons (Fsp3) is 0.571. The summed E-state index contributed by atoms with van der Waals surface area (Å²) in [6.45, 7) is 3.68. The van der Waals surface area contributed by atoms with E-state index in [4.69, 9.17) is 11.6 Å². The van der Waals surface area contributed by atoms with E-state index in [0.29, 0.717) is 29.8 Å². The van der Waals surface area contributed by atoms with Crippen LogP contribution in [0.25, 0.3) is 0 Å². The third-order valence-electron chi connectivity index (χ3n) is 3.89. The van der Waals surface area contributed by atoms with E-state index < -0.39 is 10.0 Å². The Morgan fingerprint density at radius 3 is 2.60 bits per heavy atom. The summed E-state index contributed by atoms with van der Waals surface area (Å²) in [5.74, 6) is 0.220. The van der Waals surface area contributed by atoms with Gasteiger partial charge in [-0.2, -0.15) is 0 Å². The van der Waals surface area contributed by atoms with Crippen LogP contribution in [0.3, 0.4) is 0 Å². The van der Waals surface area contributed by atoms with E-state index in [2.05, 4.69) is 4.72 Å². The van der Waals surface area contributed by atoms with Crippen molar-refractivity contribution in [2.45, 2.75) is 50.2 Å². The molecule has 1 unspecified atom stereocenters. The molecule has 1 saturated carbocycles. The standard InChI is InChI=1S/C14H20ClNO3S/c1-3-13(10-7-12(17)8-10)16-20(18,19)14-5-4-11(15)6-9(14)2/h4-6,10,12-13,16-17H,3,7-8H2,1-2H3. The van der Waals surface area contributed by atoms with Crippen molar-refractivity contribution in [2.24, 2.45) is 5.92 Å². The number of rotatable bonds is 5. The Morgan fingerprint density at radius 1 is 1.45 bits per heavy atom. The highest BCUT2D eigenvalue weighted by Gasteiger charge is 2.35. The number of aliphatic hydroxyl groups excluding tert-OH is 1. The molecule has 2 rings (SSSR count). The molecule has 2 N–H and O–H groups in total. The Hall–Kier alpha value is -0.620. The lowest BCUT2D eigenvalue weighted by molar-refractivity contribution is 0.0277. The van der Waals surface area contributed by atoms with Gasteiger partial charge in [-0.3, -0.25) is 0 Å². The number of aliphatic hydroxyl groups is 1. The normalized spacial score (nSPS) is 24.2. The fourth-order valence-electron chi connectivity index (χ4n) is 2.65. The predicted octanol–water partition coefficient (Wildman–Crippen LogP) is 2.48. The van der Waals surface area contributed by atoms with Crippen LogP contribution in [-0.4, -0.2) is 25.7 Å². The molecule has 0 heterocycles. The summed E-state index contributed by atoms with van der Waals surface area (Å²) in [5, 5.41) is 9.88. The van der Waals surface area contributed by atoms with Crippen molar-refractivity contribution in [3.8, 4) is 0 Å². The van der Waals surface area contributed by atoms with Gasteiger partial charge in [0.2, 0.25) is 10.0 Å². The van der Waals surface area contributed by atoms with E-state index in [9.17, 15) is 13.5 Å². The van der Waals surface area contributed by atoms with Gasteiger partial charge in [0.1, 0.15) is 0 Å². The van der Waals surface area contributed by atoms with E-state index in [1.807, 2.05) is 6.92 Å². The van der Waals surface area contributed by atoms with Gasteiger partial charge in [0.25, 0.3) is 0 Å². The second-order valence-corrected chi connectivity index (χ2v) is 7.55. The maximum Gasteiger partial charge on any atom is 0.241 e. The zero-order valence-corrected chi connectivity index (χ0v) is 13.2. The number of benzene rings is 1. The van der Waals surface area contributed by atoms with Crippen LogP contribution >= 0.6 is 11.6 Å². The van der Waals surface area contributed by atoms with Crippen LogP contribution in [0.15, 0.2) is 23.1 Å². The van der Waals surface area contributed by atoms with Gasteiger partial charge in [0.05, 0.1) is 11.0 Å². The second-order valence-electron chi connectivity index (χ2n) is 5.43. The van der Waals surface area contributed by atoms with Gasteiger partial charge in [0, 0.05) is 11.1 Å². The van der Waals surface area contributed by atoms with Crippen molar-refractivity contribution in [1.82, 2.24) is 4.72 Å². The molecule has 0 bridgehead atoms. The summed E-state index contributed by atoms with van der Waals surface area (Å²) in [4.78, 5) is 0.264. The third kappa shape index (κ3) is 3.34. The Balaban J connectivity index is 2.17. The molecule has 0 saturated heterocycles. The van der Waals surface area contributed by atoms with Gasteiger partial charge < -0.3 is 5.11 Å². The van der Waals surface area contributed by atoms with Gasteiger partial charge in [-0.05, 0) is 55.9 Å². The lowest BCUT2D eigenvalue weighted by Crippen LogP contribution is -2.46. The summed E-state index contributed by atoms with van der Waals surface area (Å²) in [6.07, 6.45) is 1.76. The highest BCUT2D eigenvalue weighted by molar-refractivity contribution is 7.89. The highest BCUT2D eigenvalue weighted by atomic mass is 35.5. The zero-order chi connectivity index (χ0) is 14.9. The lowest BCUT2D eigenvalue weighted by Gasteiger charge is -2.37. The van der Waals surface area contributed by atoms with Gasteiger partial charge in [-0.15, -0.1) is 0 Å². The summed E-state index contributed by atoms with van der Waals surface area (Å²) >= 11 is 5.86. The first kappa shape index (κ1) is 15.8. The average Bonchev–Trinajstić information content (AvgIpc) is 2.32. The van der Waals surface area contributed by atoms with Gasteiger partial charge in [-0.25, -0.2) is 13.1 Å². The molecule has 0 radical (unpaired) electrons. The summed E-state index contributed by atoms with van der Waals surface area (Å²) in [6, 6.07) is 4.63. The molecular weight excluding hydrogens is 298 g/mol. The molecule has 0 aliphatic heterocycles. The van der Waals surface area contributed by atoms with Gasteiger partial charge in [0.15, 0.2) is 0 Å². The molecule has 6 heteroatoms. The number of hydrogen-bond acceptors (Lipinski definition) is 3. The summed E-state index contributed by atoms with van der Waals surface area (Å²) < 4.78 is 27.6. The van der Waals surface area contributed by atoms with E-state index in [0.717, 1.165) is 0 Å². The number of nitrogens with one attached hydrogen (secondary N) is 1. The van der Waals surface area contributed by atoms with E-state index in [1.165, 1.54) is 6.07 Å². The van der Waals surface area contributed by atoms with Crippen molar-refractivity contribution in [2.75, 3.05) is 0 Å². The minimum absolute atomic E-state index is 0.126. The van der Waals surface area contributed by atoms with Crippen molar-refractivity contribution >= 4 is 21.6 Å². The maximum atomic E-state index is 12.4. The Kier molecular flexibility index (Phi) is 4.74. The van der Waals surface area contributed by atoms with E-state index in [1.54, 1.807) is 19.1 Å². The van der Waals surface area contributed by atoms with Crippen LogP contribution in [0.5, 0.6) is 0 Å². The molecular formula is C14H20ClNO3S. The van der Waals surface area contributed by atoms with Crippen LogP contribution in [0.4, 0.5) is 0 Å². The molecule has 0 spiro atoms. The molecule has 1 aromatic rings. The van der Waals surface area contributed by atoms with Crippen LogP contribution in [0, 0.1) is 12.8 Å².